The van der Waals surface area contributed by atoms with E-state index < -0.39 is 0 Å². The molecule has 0 saturated carbocycles. The third-order valence-electron chi connectivity index (χ3n) is 12.5. The highest BCUT2D eigenvalue weighted by atomic mass is 15.1. The van der Waals surface area contributed by atoms with Crippen LogP contribution in [0, 0.1) is 0 Å². The Hall–Kier alpha value is -7.03. The van der Waals surface area contributed by atoms with Crippen LogP contribution in [0.3, 0.4) is 0 Å². The Morgan fingerprint density at radius 1 is 0.508 bits per heavy atom. The standard InChI is InChI=1S/C57H44N2/c1-4-18-40(19-5-1)45-24-10-12-26-47(45)55-49-28-14-15-29-50(49)56(48-27-13-11-25-46(48)41-20-6-2-7-21-41)52-38-43(36-37-51(52)55)39-32-34-42(35-33-39)57-58-53-30-16-17-31-54(53)59(57)44-22-8-3-9-23-44/h1-4,6-15,17-18,20-24,26-29,31-38,46H,5,16,19,25,30H2. The van der Waals surface area contributed by atoms with Gasteiger partial charge in [-0.15, -0.1) is 0 Å². The number of nitrogens with zero attached hydrogens (tertiary/aromatic N) is 2. The Labute approximate surface area is 346 Å². The first-order valence-corrected chi connectivity index (χ1v) is 21.1. The number of fused-ring (bicyclic) bond motifs is 3. The van der Waals surface area contributed by atoms with Gasteiger partial charge in [-0.05, 0) is 128 Å². The van der Waals surface area contributed by atoms with Crippen LogP contribution < -0.4 is 0 Å². The van der Waals surface area contributed by atoms with Gasteiger partial charge in [-0.2, -0.15) is 0 Å². The van der Waals surface area contributed by atoms with E-state index >= 15 is 0 Å². The molecule has 7 aromatic carbocycles. The molecule has 0 radical (unpaired) electrons. The SMILES string of the molecule is C1=CCCC(c2ccccc2-c2c3ccccc3c(C3=CC=CCC3c3ccccc3)c3cc(-c4ccc(-c5nc6c(n5-c5ccccc5)C=CCC6)cc4)ccc23)=C1. The molecule has 1 heterocycles. The van der Waals surface area contributed by atoms with Gasteiger partial charge in [0.25, 0.3) is 0 Å². The summed E-state index contributed by atoms with van der Waals surface area (Å²) in [6.07, 6.45) is 23.3. The molecule has 1 unspecified atom stereocenters. The molecule has 0 bridgehead atoms. The van der Waals surface area contributed by atoms with Gasteiger partial charge >= 0.3 is 0 Å². The van der Waals surface area contributed by atoms with Crippen LogP contribution in [0.2, 0.25) is 0 Å². The fraction of sp³-hybridized carbons (Fsp3) is 0.105. The number of rotatable bonds is 7. The summed E-state index contributed by atoms with van der Waals surface area (Å²) >= 11 is 0. The number of hydrogen-bond acceptors (Lipinski definition) is 1. The first-order valence-electron chi connectivity index (χ1n) is 21.1. The second-order valence-corrected chi connectivity index (χ2v) is 16.0. The first-order chi connectivity index (χ1) is 29.3. The van der Waals surface area contributed by atoms with Crippen molar-refractivity contribution in [1.29, 1.82) is 0 Å². The Morgan fingerprint density at radius 2 is 1.17 bits per heavy atom. The molecule has 1 aromatic heterocycles. The van der Waals surface area contributed by atoms with Crippen molar-refractivity contribution in [3.8, 4) is 39.3 Å². The molecule has 59 heavy (non-hydrogen) atoms. The van der Waals surface area contributed by atoms with E-state index in [0.717, 1.165) is 49.2 Å². The predicted octanol–water partition coefficient (Wildman–Crippen LogP) is 15.0. The Kier molecular flexibility index (Phi) is 8.97. The van der Waals surface area contributed by atoms with Crippen molar-refractivity contribution in [2.24, 2.45) is 0 Å². The second-order valence-electron chi connectivity index (χ2n) is 16.0. The summed E-state index contributed by atoms with van der Waals surface area (Å²) in [5.74, 6) is 1.24. The van der Waals surface area contributed by atoms with Crippen molar-refractivity contribution in [2.45, 2.75) is 38.0 Å². The van der Waals surface area contributed by atoms with Gasteiger partial charge in [0.05, 0.1) is 11.4 Å². The lowest BCUT2D eigenvalue weighted by Crippen LogP contribution is -2.06. The molecule has 282 valence electrons. The minimum Gasteiger partial charge on any atom is -0.293 e. The fourth-order valence-corrected chi connectivity index (χ4v) is 9.75. The summed E-state index contributed by atoms with van der Waals surface area (Å²) in [6.45, 7) is 0. The molecule has 0 N–H and O–H groups in total. The number of allylic oxidation sites excluding steroid dienone is 9. The molecule has 2 heteroatoms. The van der Waals surface area contributed by atoms with Crippen molar-refractivity contribution in [3.63, 3.8) is 0 Å². The molecular weight excluding hydrogens is 713 g/mol. The van der Waals surface area contributed by atoms with Gasteiger partial charge in [0.1, 0.15) is 5.82 Å². The molecule has 11 rings (SSSR count). The molecule has 0 aliphatic heterocycles. The second kappa shape index (κ2) is 15.0. The van der Waals surface area contributed by atoms with E-state index in [4.69, 9.17) is 4.98 Å². The van der Waals surface area contributed by atoms with Crippen molar-refractivity contribution in [3.05, 3.63) is 222 Å². The quantitative estimate of drug-likeness (QED) is 0.148. The monoisotopic (exact) mass is 756 g/mol. The molecule has 0 amide bonds. The van der Waals surface area contributed by atoms with Crippen molar-refractivity contribution in [2.75, 3.05) is 0 Å². The van der Waals surface area contributed by atoms with E-state index in [1.807, 2.05) is 0 Å². The Bertz CT molecular complexity index is 3040. The average Bonchev–Trinajstić information content (AvgIpc) is 3.71. The normalized spacial score (nSPS) is 16.0. The van der Waals surface area contributed by atoms with E-state index in [9.17, 15) is 0 Å². The summed E-state index contributed by atoms with van der Waals surface area (Å²) in [5, 5.41) is 5.15. The molecule has 8 aromatic rings. The Balaban J connectivity index is 1.12. The van der Waals surface area contributed by atoms with E-state index in [0.29, 0.717) is 0 Å². The van der Waals surface area contributed by atoms with Crippen LogP contribution >= 0.6 is 0 Å². The lowest BCUT2D eigenvalue weighted by atomic mass is 9.76. The zero-order chi connectivity index (χ0) is 39.1. The number of aryl methyl sites for hydroxylation is 1. The number of aromatic nitrogens is 2. The van der Waals surface area contributed by atoms with E-state index in [2.05, 4.69) is 205 Å². The number of para-hydroxylation sites is 1. The molecule has 3 aliphatic rings. The lowest BCUT2D eigenvalue weighted by molar-refractivity contribution is 0.876. The minimum absolute atomic E-state index is 0.252. The van der Waals surface area contributed by atoms with Crippen molar-refractivity contribution < 1.29 is 0 Å². The maximum absolute atomic E-state index is 5.24. The van der Waals surface area contributed by atoms with Crippen LogP contribution in [-0.2, 0) is 6.42 Å². The van der Waals surface area contributed by atoms with Crippen LogP contribution in [-0.4, -0.2) is 9.55 Å². The summed E-state index contributed by atoms with van der Waals surface area (Å²) in [4.78, 5) is 5.24. The molecule has 3 aliphatic carbocycles. The maximum atomic E-state index is 5.24. The molecule has 2 nitrogen and oxygen atoms in total. The highest BCUT2D eigenvalue weighted by Gasteiger charge is 2.26. The third-order valence-corrected chi connectivity index (χ3v) is 12.5. The van der Waals surface area contributed by atoms with E-state index in [1.54, 1.807) is 0 Å². The van der Waals surface area contributed by atoms with E-state index in [-0.39, 0.29) is 5.92 Å². The van der Waals surface area contributed by atoms with Crippen LogP contribution in [0.1, 0.15) is 59.7 Å². The number of imidazole rings is 1. The van der Waals surface area contributed by atoms with Gasteiger partial charge in [0.15, 0.2) is 0 Å². The van der Waals surface area contributed by atoms with Crippen LogP contribution in [0.25, 0.3) is 78.1 Å². The summed E-state index contributed by atoms with van der Waals surface area (Å²) < 4.78 is 2.32. The number of hydrogen-bond donors (Lipinski definition) is 0. The molecule has 0 spiro atoms. The van der Waals surface area contributed by atoms with Crippen molar-refractivity contribution >= 4 is 38.8 Å². The minimum atomic E-state index is 0.252. The predicted molar refractivity (Wildman–Crippen MR) is 250 cm³/mol. The lowest BCUT2D eigenvalue weighted by Gasteiger charge is -2.27. The molecule has 0 fully saturated rings. The molecular formula is C57H44N2. The molecule has 0 saturated heterocycles. The zero-order valence-corrected chi connectivity index (χ0v) is 33.1. The fourth-order valence-electron chi connectivity index (χ4n) is 9.75. The number of benzene rings is 7. The maximum Gasteiger partial charge on any atom is 0.145 e. The van der Waals surface area contributed by atoms with Crippen molar-refractivity contribution in [1.82, 2.24) is 9.55 Å². The summed E-state index contributed by atoms with van der Waals surface area (Å²) in [5.41, 5.74) is 16.4. The first kappa shape index (κ1) is 35.2. The van der Waals surface area contributed by atoms with Crippen LogP contribution in [0.5, 0.6) is 0 Å². The zero-order valence-electron chi connectivity index (χ0n) is 33.1. The topological polar surface area (TPSA) is 17.8 Å². The smallest absolute Gasteiger partial charge is 0.145 e. The van der Waals surface area contributed by atoms with E-state index in [1.165, 1.54) is 83.0 Å². The van der Waals surface area contributed by atoms with Crippen LogP contribution in [0.15, 0.2) is 194 Å². The van der Waals surface area contributed by atoms with Gasteiger partial charge in [0, 0.05) is 17.2 Å². The van der Waals surface area contributed by atoms with Gasteiger partial charge in [-0.1, -0.05) is 176 Å². The third kappa shape index (κ3) is 6.24. The summed E-state index contributed by atoms with van der Waals surface area (Å²) in [6, 6.07) is 56.2. The molecule has 1 atom stereocenters. The van der Waals surface area contributed by atoms with Gasteiger partial charge < -0.3 is 0 Å². The average molecular weight is 757 g/mol. The Morgan fingerprint density at radius 3 is 1.97 bits per heavy atom. The van der Waals surface area contributed by atoms with Gasteiger partial charge in [0.2, 0.25) is 0 Å². The van der Waals surface area contributed by atoms with Crippen LogP contribution in [0.4, 0.5) is 0 Å². The van der Waals surface area contributed by atoms with Gasteiger partial charge in [-0.25, -0.2) is 4.98 Å². The highest BCUT2D eigenvalue weighted by Crippen LogP contribution is 2.49. The summed E-state index contributed by atoms with van der Waals surface area (Å²) in [7, 11) is 0. The van der Waals surface area contributed by atoms with Gasteiger partial charge in [-0.3, -0.25) is 4.57 Å². The largest absolute Gasteiger partial charge is 0.293 e. The highest BCUT2D eigenvalue weighted by molar-refractivity contribution is 6.20.